The Morgan fingerprint density at radius 3 is 2.72 bits per heavy atom. The summed E-state index contributed by atoms with van der Waals surface area (Å²) in [4.78, 5) is 12.5. The third-order valence-electron chi connectivity index (χ3n) is 5.90. The van der Waals surface area contributed by atoms with Crippen molar-refractivity contribution < 1.29 is 18.7 Å². The van der Waals surface area contributed by atoms with Gasteiger partial charge in [0.2, 0.25) is 0 Å². The second-order valence-electron chi connectivity index (χ2n) is 9.90. The maximum absolute atomic E-state index is 12.5. The van der Waals surface area contributed by atoms with E-state index in [1.54, 1.807) is 6.26 Å². The van der Waals surface area contributed by atoms with E-state index in [9.17, 15) is 4.79 Å². The van der Waals surface area contributed by atoms with Crippen LogP contribution >= 0.6 is 0 Å². The second-order valence-corrected chi connectivity index (χ2v) is 9.90. The van der Waals surface area contributed by atoms with Crippen LogP contribution in [0.3, 0.4) is 0 Å². The van der Waals surface area contributed by atoms with E-state index >= 15 is 0 Å². The molecule has 1 aromatic rings. The number of hydrogen-bond acceptors (Lipinski definition) is 5. The van der Waals surface area contributed by atoms with Gasteiger partial charge in [0.15, 0.2) is 0 Å². The van der Waals surface area contributed by atoms with Crippen LogP contribution in [0.15, 0.2) is 27.9 Å². The van der Waals surface area contributed by atoms with Gasteiger partial charge in [-0.3, -0.25) is 0 Å². The minimum Gasteiger partial charge on any atom is -0.469 e. The van der Waals surface area contributed by atoms with E-state index in [4.69, 9.17) is 13.9 Å². The van der Waals surface area contributed by atoms with Gasteiger partial charge in [0.1, 0.15) is 11.4 Å². The van der Waals surface area contributed by atoms with Crippen LogP contribution in [0.25, 0.3) is 0 Å². The summed E-state index contributed by atoms with van der Waals surface area (Å²) >= 11 is 0. The van der Waals surface area contributed by atoms with Gasteiger partial charge in [-0.25, -0.2) is 4.79 Å². The summed E-state index contributed by atoms with van der Waals surface area (Å²) in [5.74, 6) is 2.54. The zero-order valence-corrected chi connectivity index (χ0v) is 18.7. The molecule has 0 bridgehead atoms. The molecule has 6 nitrogen and oxygen atoms in total. The van der Waals surface area contributed by atoms with E-state index in [0.717, 1.165) is 17.9 Å². The molecule has 6 heteroatoms. The Hall–Kier alpha value is -1.82. The number of carbonyl (C=O) groups is 1. The van der Waals surface area contributed by atoms with Gasteiger partial charge in [0.25, 0.3) is 0 Å². The van der Waals surface area contributed by atoms with Crippen molar-refractivity contribution in [2.45, 2.75) is 78.4 Å². The maximum Gasteiger partial charge on any atom is 0.430 e. The molecule has 0 saturated heterocycles. The number of amides is 1. The summed E-state index contributed by atoms with van der Waals surface area (Å²) < 4.78 is 17.5. The molecule has 0 spiro atoms. The Labute approximate surface area is 174 Å². The van der Waals surface area contributed by atoms with Crippen LogP contribution in [0.4, 0.5) is 4.79 Å². The van der Waals surface area contributed by atoms with Crippen LogP contribution in [-0.2, 0) is 9.47 Å². The minimum absolute atomic E-state index is 0.101. The molecule has 1 amide bonds. The SMILES string of the molecule is CC(C)[C@@H]1CC[C@@H](C)C[C@H]1OCC1=NN(C(=O)OC(C)(C)C)C[C@@H]1c1ccco1. The van der Waals surface area contributed by atoms with Crippen molar-refractivity contribution in [1.82, 2.24) is 5.01 Å². The molecule has 0 N–H and O–H groups in total. The summed E-state index contributed by atoms with van der Waals surface area (Å²) in [6, 6.07) is 3.79. The number of rotatable bonds is 5. The zero-order valence-electron chi connectivity index (χ0n) is 18.7. The Bertz CT molecular complexity index is 705. The molecule has 0 aromatic carbocycles. The van der Waals surface area contributed by atoms with Crippen LogP contribution in [0, 0.1) is 17.8 Å². The fourth-order valence-corrected chi connectivity index (χ4v) is 4.35. The van der Waals surface area contributed by atoms with Crippen molar-refractivity contribution in [3.63, 3.8) is 0 Å². The number of carbonyl (C=O) groups excluding carboxylic acids is 1. The molecule has 4 atom stereocenters. The summed E-state index contributed by atoms with van der Waals surface area (Å²) in [6.45, 7) is 13.2. The van der Waals surface area contributed by atoms with Crippen molar-refractivity contribution in [3.05, 3.63) is 24.2 Å². The normalized spacial score (nSPS) is 28.0. The third kappa shape index (κ3) is 5.62. The molecule has 0 radical (unpaired) electrons. The lowest BCUT2D eigenvalue weighted by molar-refractivity contribution is -0.0224. The third-order valence-corrected chi connectivity index (χ3v) is 5.90. The highest BCUT2D eigenvalue weighted by molar-refractivity contribution is 5.94. The predicted molar refractivity (Wildman–Crippen MR) is 113 cm³/mol. The average molecular weight is 405 g/mol. The van der Waals surface area contributed by atoms with Crippen molar-refractivity contribution >= 4 is 11.8 Å². The number of furan rings is 1. The lowest BCUT2D eigenvalue weighted by atomic mass is 9.75. The van der Waals surface area contributed by atoms with Gasteiger partial charge in [-0.2, -0.15) is 10.1 Å². The Morgan fingerprint density at radius 2 is 2.10 bits per heavy atom. The van der Waals surface area contributed by atoms with E-state index in [1.807, 2.05) is 32.9 Å². The maximum atomic E-state index is 12.5. The molecule has 1 aliphatic heterocycles. The van der Waals surface area contributed by atoms with E-state index < -0.39 is 11.7 Å². The average Bonchev–Trinajstić information content (AvgIpc) is 3.27. The molecule has 2 aliphatic rings. The highest BCUT2D eigenvalue weighted by atomic mass is 16.6. The summed E-state index contributed by atoms with van der Waals surface area (Å²) in [6.07, 6.45) is 5.01. The summed E-state index contributed by atoms with van der Waals surface area (Å²) in [5, 5.41) is 5.98. The van der Waals surface area contributed by atoms with Gasteiger partial charge in [-0.1, -0.05) is 27.2 Å². The fourth-order valence-electron chi connectivity index (χ4n) is 4.35. The highest BCUT2D eigenvalue weighted by Crippen LogP contribution is 2.36. The first kappa shape index (κ1) is 21.9. The molecular weight excluding hydrogens is 368 g/mol. The van der Waals surface area contributed by atoms with Crippen LogP contribution in [0.1, 0.15) is 72.5 Å². The number of ether oxygens (including phenoxy) is 2. The topological polar surface area (TPSA) is 64.3 Å². The lowest BCUT2D eigenvalue weighted by Gasteiger charge is -2.37. The Kier molecular flexibility index (Phi) is 6.72. The molecule has 29 heavy (non-hydrogen) atoms. The minimum atomic E-state index is -0.561. The van der Waals surface area contributed by atoms with Gasteiger partial charge in [0, 0.05) is 0 Å². The Morgan fingerprint density at radius 1 is 1.34 bits per heavy atom. The first-order valence-electron chi connectivity index (χ1n) is 10.9. The molecule has 1 saturated carbocycles. The predicted octanol–water partition coefficient (Wildman–Crippen LogP) is 5.45. The summed E-state index contributed by atoms with van der Waals surface area (Å²) in [5.41, 5.74) is 0.265. The van der Waals surface area contributed by atoms with Gasteiger partial charge in [0.05, 0.1) is 37.1 Å². The van der Waals surface area contributed by atoms with E-state index in [0.29, 0.717) is 30.9 Å². The molecule has 0 unspecified atom stereocenters. The number of hydrogen-bond donors (Lipinski definition) is 0. The van der Waals surface area contributed by atoms with Crippen LogP contribution in [0.5, 0.6) is 0 Å². The van der Waals surface area contributed by atoms with Crippen LogP contribution in [0.2, 0.25) is 0 Å². The fraction of sp³-hybridized carbons (Fsp3) is 0.739. The highest BCUT2D eigenvalue weighted by Gasteiger charge is 2.37. The molecule has 1 aromatic heterocycles. The molecule has 2 heterocycles. The van der Waals surface area contributed by atoms with Gasteiger partial charge >= 0.3 is 6.09 Å². The Balaban J connectivity index is 1.72. The van der Waals surface area contributed by atoms with Crippen molar-refractivity contribution in [2.24, 2.45) is 22.9 Å². The molecule has 1 fully saturated rings. The molecule has 3 rings (SSSR count). The van der Waals surface area contributed by atoms with Crippen molar-refractivity contribution in [2.75, 3.05) is 13.2 Å². The number of hydrazone groups is 1. The molecule has 162 valence electrons. The molecular formula is C23H36N2O4. The number of nitrogens with zero attached hydrogens (tertiary/aromatic N) is 2. The van der Waals surface area contributed by atoms with Gasteiger partial charge in [-0.05, 0) is 63.5 Å². The summed E-state index contributed by atoms with van der Waals surface area (Å²) in [7, 11) is 0. The van der Waals surface area contributed by atoms with E-state index in [-0.39, 0.29) is 12.0 Å². The first-order chi connectivity index (χ1) is 13.6. The largest absolute Gasteiger partial charge is 0.469 e. The lowest BCUT2D eigenvalue weighted by Crippen LogP contribution is -2.36. The monoisotopic (exact) mass is 404 g/mol. The van der Waals surface area contributed by atoms with Gasteiger partial charge < -0.3 is 13.9 Å². The second kappa shape index (κ2) is 8.90. The van der Waals surface area contributed by atoms with Crippen molar-refractivity contribution in [1.29, 1.82) is 0 Å². The van der Waals surface area contributed by atoms with Crippen LogP contribution in [-0.4, -0.2) is 41.7 Å². The van der Waals surface area contributed by atoms with Crippen LogP contribution < -0.4 is 0 Å². The van der Waals surface area contributed by atoms with E-state index in [2.05, 4.69) is 25.9 Å². The zero-order chi connectivity index (χ0) is 21.2. The smallest absolute Gasteiger partial charge is 0.430 e. The quantitative estimate of drug-likeness (QED) is 0.655. The van der Waals surface area contributed by atoms with Gasteiger partial charge in [-0.15, -0.1) is 0 Å². The first-order valence-corrected chi connectivity index (χ1v) is 10.9. The molecule has 1 aliphatic carbocycles. The standard InChI is InChI=1S/C23H36N2O4/c1-15(2)17-10-9-16(3)12-21(17)28-14-19-18(20-8-7-11-27-20)13-25(24-19)22(26)29-23(4,5)6/h7-8,11,15-18,21H,9-10,12-14H2,1-6H3/t16-,17+,18+,21-/m1/s1. The van der Waals surface area contributed by atoms with E-state index in [1.165, 1.54) is 17.9 Å². The van der Waals surface area contributed by atoms with Crippen molar-refractivity contribution in [3.8, 4) is 0 Å².